The number of hydrogen-bond acceptors (Lipinski definition) is 4. The van der Waals surface area contributed by atoms with Crippen molar-refractivity contribution in [3.8, 4) is 0 Å². The Morgan fingerprint density at radius 1 is 1.23 bits per heavy atom. The van der Waals surface area contributed by atoms with E-state index in [0.717, 1.165) is 38.3 Å². The minimum atomic E-state index is -0.101. The molecule has 0 aliphatic carbocycles. The van der Waals surface area contributed by atoms with Crippen LogP contribution in [0.4, 0.5) is 5.69 Å². The Balaban J connectivity index is 1.96. The Hall–Kier alpha value is -2.08. The molecule has 0 aromatic heterocycles. The lowest BCUT2D eigenvalue weighted by Gasteiger charge is -2.34. The molecule has 1 aromatic carbocycles. The van der Waals surface area contributed by atoms with Gasteiger partial charge >= 0.3 is 0 Å². The molecule has 2 amide bonds. The fraction of sp³-hybridized carbons (Fsp3) is 0.500. The lowest BCUT2D eigenvalue weighted by atomic mass is 10.1. The molecule has 2 rings (SSSR count). The monoisotopic (exact) mass is 304 g/mol. The van der Waals surface area contributed by atoms with Gasteiger partial charge in [0.25, 0.3) is 5.91 Å². The zero-order valence-corrected chi connectivity index (χ0v) is 13.3. The Bertz CT molecular complexity index is 551. The fourth-order valence-electron chi connectivity index (χ4n) is 2.60. The minimum Gasteiger partial charge on any atom is -0.398 e. The lowest BCUT2D eigenvalue weighted by molar-refractivity contribution is -0.130. The number of carbonyl (C=O) groups excluding carboxylic acids is 2. The predicted molar refractivity (Wildman–Crippen MR) is 86.4 cm³/mol. The maximum Gasteiger partial charge on any atom is 0.251 e. The largest absolute Gasteiger partial charge is 0.398 e. The Morgan fingerprint density at radius 3 is 2.45 bits per heavy atom. The summed E-state index contributed by atoms with van der Waals surface area (Å²) in [6.45, 7) is 8.03. The first kappa shape index (κ1) is 16.3. The molecule has 1 aliphatic heterocycles. The van der Waals surface area contributed by atoms with E-state index in [1.807, 2.05) is 24.0 Å². The Kier molecular flexibility index (Phi) is 5.38. The number of anilines is 1. The van der Waals surface area contributed by atoms with E-state index in [0.29, 0.717) is 17.8 Å². The van der Waals surface area contributed by atoms with E-state index in [9.17, 15) is 9.59 Å². The summed E-state index contributed by atoms with van der Waals surface area (Å²) in [6, 6.07) is 5.45. The molecule has 22 heavy (non-hydrogen) atoms. The first-order chi connectivity index (χ1) is 10.5. The molecular weight excluding hydrogens is 280 g/mol. The highest BCUT2D eigenvalue weighted by Gasteiger charge is 2.19. The lowest BCUT2D eigenvalue weighted by Crippen LogP contribution is -2.47. The van der Waals surface area contributed by atoms with Gasteiger partial charge in [-0.1, -0.05) is 6.07 Å². The van der Waals surface area contributed by atoms with Crippen molar-refractivity contribution < 1.29 is 9.59 Å². The second-order valence-electron chi connectivity index (χ2n) is 5.56. The highest BCUT2D eigenvalue weighted by molar-refractivity contribution is 5.95. The van der Waals surface area contributed by atoms with Crippen molar-refractivity contribution in [1.82, 2.24) is 15.1 Å². The van der Waals surface area contributed by atoms with E-state index in [4.69, 9.17) is 5.73 Å². The van der Waals surface area contributed by atoms with Crippen LogP contribution in [0.3, 0.4) is 0 Å². The molecule has 120 valence electrons. The number of benzene rings is 1. The zero-order valence-electron chi connectivity index (χ0n) is 13.3. The van der Waals surface area contributed by atoms with E-state index in [2.05, 4.69) is 10.2 Å². The maximum atomic E-state index is 11.8. The molecule has 0 radical (unpaired) electrons. The minimum absolute atomic E-state index is 0.101. The van der Waals surface area contributed by atoms with Gasteiger partial charge in [0.15, 0.2) is 0 Å². The van der Waals surface area contributed by atoms with Gasteiger partial charge in [-0.3, -0.25) is 14.5 Å². The summed E-state index contributed by atoms with van der Waals surface area (Å²) in [6.07, 6.45) is 0. The van der Waals surface area contributed by atoms with Crippen LogP contribution < -0.4 is 11.1 Å². The molecule has 1 fully saturated rings. The quantitative estimate of drug-likeness (QED) is 0.802. The van der Waals surface area contributed by atoms with Gasteiger partial charge in [-0.15, -0.1) is 0 Å². The number of carbonyl (C=O) groups is 2. The first-order valence-electron chi connectivity index (χ1n) is 7.65. The predicted octanol–water partition coefficient (Wildman–Crippen LogP) is 0.683. The van der Waals surface area contributed by atoms with Gasteiger partial charge < -0.3 is 16.0 Å². The smallest absolute Gasteiger partial charge is 0.251 e. The number of nitrogens with two attached hydrogens (primary N) is 1. The standard InChI is InChI=1S/C16H24N4O2/c1-3-18-16(22)13-4-5-14(15(17)10-13)11-19-6-8-20(9-7-19)12(2)21/h4-5,10H,3,6-9,11,17H2,1-2H3,(H,18,22). The highest BCUT2D eigenvalue weighted by atomic mass is 16.2. The number of nitrogens with one attached hydrogen (secondary N) is 1. The molecular formula is C16H24N4O2. The molecule has 6 heteroatoms. The van der Waals surface area contributed by atoms with Crippen LogP contribution >= 0.6 is 0 Å². The number of hydrogen-bond donors (Lipinski definition) is 2. The van der Waals surface area contributed by atoms with Gasteiger partial charge in [-0.05, 0) is 24.6 Å². The van der Waals surface area contributed by atoms with Gasteiger partial charge in [0.2, 0.25) is 5.91 Å². The normalized spacial score (nSPS) is 15.6. The number of nitrogens with zero attached hydrogens (tertiary/aromatic N) is 2. The number of amides is 2. The van der Waals surface area contributed by atoms with Crippen LogP contribution in [-0.4, -0.2) is 54.3 Å². The van der Waals surface area contributed by atoms with Crippen molar-refractivity contribution in [3.63, 3.8) is 0 Å². The molecule has 1 aromatic rings. The SMILES string of the molecule is CCNC(=O)c1ccc(CN2CCN(C(C)=O)CC2)c(N)c1. The molecule has 0 bridgehead atoms. The summed E-state index contributed by atoms with van der Waals surface area (Å²) >= 11 is 0. The van der Waals surface area contributed by atoms with Crippen molar-refractivity contribution in [1.29, 1.82) is 0 Å². The zero-order chi connectivity index (χ0) is 16.1. The molecule has 0 saturated carbocycles. The Morgan fingerprint density at radius 2 is 1.91 bits per heavy atom. The van der Waals surface area contributed by atoms with E-state index in [-0.39, 0.29) is 11.8 Å². The highest BCUT2D eigenvalue weighted by Crippen LogP contribution is 2.17. The molecule has 0 atom stereocenters. The second kappa shape index (κ2) is 7.26. The molecule has 1 heterocycles. The van der Waals surface area contributed by atoms with Crippen LogP contribution in [0.1, 0.15) is 29.8 Å². The third kappa shape index (κ3) is 3.98. The van der Waals surface area contributed by atoms with E-state index in [1.54, 1.807) is 13.0 Å². The number of rotatable bonds is 4. The molecule has 0 unspecified atom stereocenters. The summed E-state index contributed by atoms with van der Waals surface area (Å²) in [7, 11) is 0. The molecule has 3 N–H and O–H groups in total. The summed E-state index contributed by atoms with van der Waals surface area (Å²) in [5.74, 6) is 0.0290. The molecule has 6 nitrogen and oxygen atoms in total. The number of piperazine rings is 1. The van der Waals surface area contributed by atoms with Crippen molar-refractivity contribution in [3.05, 3.63) is 29.3 Å². The summed E-state index contributed by atoms with van der Waals surface area (Å²) in [5.41, 5.74) is 8.32. The van der Waals surface area contributed by atoms with Crippen molar-refractivity contribution in [2.24, 2.45) is 0 Å². The van der Waals surface area contributed by atoms with E-state index < -0.39 is 0 Å². The van der Waals surface area contributed by atoms with Gasteiger partial charge in [0.05, 0.1) is 0 Å². The molecule has 0 spiro atoms. The fourth-order valence-corrected chi connectivity index (χ4v) is 2.60. The first-order valence-corrected chi connectivity index (χ1v) is 7.65. The van der Waals surface area contributed by atoms with Crippen LogP contribution in [0.2, 0.25) is 0 Å². The second-order valence-corrected chi connectivity index (χ2v) is 5.56. The van der Waals surface area contributed by atoms with Gasteiger partial charge in [-0.25, -0.2) is 0 Å². The van der Waals surface area contributed by atoms with Crippen LogP contribution in [0.15, 0.2) is 18.2 Å². The van der Waals surface area contributed by atoms with Crippen LogP contribution in [0.5, 0.6) is 0 Å². The van der Waals surface area contributed by atoms with Crippen LogP contribution in [-0.2, 0) is 11.3 Å². The van der Waals surface area contributed by atoms with Gasteiger partial charge in [0, 0.05) is 57.4 Å². The van der Waals surface area contributed by atoms with Gasteiger partial charge in [-0.2, -0.15) is 0 Å². The number of nitrogen functional groups attached to an aromatic ring is 1. The average molecular weight is 304 g/mol. The topological polar surface area (TPSA) is 78.7 Å². The van der Waals surface area contributed by atoms with Gasteiger partial charge in [0.1, 0.15) is 0 Å². The van der Waals surface area contributed by atoms with Crippen molar-refractivity contribution >= 4 is 17.5 Å². The van der Waals surface area contributed by atoms with Crippen LogP contribution in [0, 0.1) is 0 Å². The average Bonchev–Trinajstić information content (AvgIpc) is 2.50. The summed E-state index contributed by atoms with van der Waals surface area (Å²) < 4.78 is 0. The summed E-state index contributed by atoms with van der Waals surface area (Å²) in [5, 5.41) is 2.76. The molecule has 1 aliphatic rings. The van der Waals surface area contributed by atoms with Crippen molar-refractivity contribution in [2.75, 3.05) is 38.5 Å². The maximum absolute atomic E-state index is 11.8. The summed E-state index contributed by atoms with van der Waals surface area (Å²) in [4.78, 5) is 27.2. The van der Waals surface area contributed by atoms with Crippen molar-refractivity contribution in [2.45, 2.75) is 20.4 Å². The van der Waals surface area contributed by atoms with Crippen LogP contribution in [0.25, 0.3) is 0 Å². The van der Waals surface area contributed by atoms with E-state index in [1.165, 1.54) is 0 Å². The Labute approximate surface area is 131 Å². The van der Waals surface area contributed by atoms with E-state index >= 15 is 0 Å². The third-order valence-electron chi connectivity index (χ3n) is 3.96. The molecule has 1 saturated heterocycles. The third-order valence-corrected chi connectivity index (χ3v) is 3.96.